The van der Waals surface area contributed by atoms with Crippen molar-refractivity contribution in [1.29, 1.82) is 0 Å². The number of hydrogen-bond donors (Lipinski definition) is 1. The lowest BCUT2D eigenvalue weighted by Gasteiger charge is -2.40. The van der Waals surface area contributed by atoms with Gasteiger partial charge in [-0.3, -0.25) is 10.00 Å². The van der Waals surface area contributed by atoms with Gasteiger partial charge in [-0.25, -0.2) is 0 Å². The largest absolute Gasteiger partial charge is 0.303 e. The van der Waals surface area contributed by atoms with Crippen LogP contribution in [-0.2, 0) is 6.42 Å². The van der Waals surface area contributed by atoms with Gasteiger partial charge in [-0.2, -0.15) is 5.10 Å². The van der Waals surface area contributed by atoms with Crippen LogP contribution in [0.15, 0.2) is 42.7 Å². The molecule has 1 fully saturated rings. The molecule has 1 aliphatic heterocycles. The number of H-pyrrole nitrogens is 1. The van der Waals surface area contributed by atoms with Crippen LogP contribution >= 0.6 is 0 Å². The van der Waals surface area contributed by atoms with Crippen LogP contribution < -0.4 is 0 Å². The molecule has 112 valence electrons. The number of benzene rings is 1. The summed E-state index contributed by atoms with van der Waals surface area (Å²) in [4.78, 5) is 5.07. The van der Waals surface area contributed by atoms with E-state index >= 15 is 0 Å². The van der Waals surface area contributed by atoms with Crippen LogP contribution in [0.3, 0.4) is 0 Å². The predicted molar refractivity (Wildman–Crippen MR) is 85.2 cm³/mol. The Balaban J connectivity index is 1.61. The first-order valence-electron chi connectivity index (χ1n) is 7.78. The number of aryl methyl sites for hydroxylation is 1. The Morgan fingerprint density at radius 3 is 2.86 bits per heavy atom. The second-order valence-electron chi connectivity index (χ2n) is 5.93. The number of hydrogen-bond acceptors (Lipinski definition) is 3. The maximum absolute atomic E-state index is 4.01. The molecule has 21 heavy (non-hydrogen) atoms. The Morgan fingerprint density at radius 1 is 1.24 bits per heavy atom. The molecule has 0 aliphatic carbocycles. The zero-order chi connectivity index (χ0) is 14.5. The van der Waals surface area contributed by atoms with Crippen LogP contribution in [0, 0.1) is 0 Å². The number of likely N-dealkylation sites (N-methyl/N-ethyl adjacent to an activating group) is 1. The minimum atomic E-state index is 0.522. The molecular formula is C17H24N4. The average Bonchev–Trinajstić information content (AvgIpc) is 3.03. The van der Waals surface area contributed by atoms with Crippen molar-refractivity contribution in [3.8, 4) is 0 Å². The lowest BCUT2D eigenvalue weighted by molar-refractivity contribution is 0.0889. The normalized spacial score (nSPS) is 20.7. The minimum Gasteiger partial charge on any atom is -0.303 e. The quantitative estimate of drug-likeness (QED) is 0.915. The Hall–Kier alpha value is -1.65. The Labute approximate surface area is 126 Å². The second-order valence-corrected chi connectivity index (χ2v) is 5.93. The van der Waals surface area contributed by atoms with Gasteiger partial charge in [0, 0.05) is 31.9 Å². The molecule has 1 N–H and O–H groups in total. The smallest absolute Gasteiger partial charge is 0.0519 e. The average molecular weight is 284 g/mol. The summed E-state index contributed by atoms with van der Waals surface area (Å²) in [7, 11) is 2.22. The molecule has 0 amide bonds. The van der Waals surface area contributed by atoms with E-state index in [-0.39, 0.29) is 0 Å². The Kier molecular flexibility index (Phi) is 4.68. The maximum Gasteiger partial charge on any atom is 0.0519 e. The summed E-state index contributed by atoms with van der Waals surface area (Å²) >= 11 is 0. The van der Waals surface area contributed by atoms with Gasteiger partial charge in [-0.1, -0.05) is 30.3 Å². The van der Waals surface area contributed by atoms with Crippen LogP contribution in [-0.4, -0.2) is 53.2 Å². The molecule has 1 aliphatic rings. The van der Waals surface area contributed by atoms with Crippen molar-refractivity contribution in [3.05, 3.63) is 53.9 Å². The third kappa shape index (κ3) is 3.71. The highest BCUT2D eigenvalue weighted by Gasteiger charge is 2.25. The van der Waals surface area contributed by atoms with Gasteiger partial charge in [0.05, 0.1) is 6.20 Å². The highest BCUT2D eigenvalue weighted by atomic mass is 15.3. The van der Waals surface area contributed by atoms with E-state index in [1.54, 1.807) is 0 Å². The van der Waals surface area contributed by atoms with Crippen molar-refractivity contribution in [2.45, 2.75) is 18.9 Å². The van der Waals surface area contributed by atoms with Crippen molar-refractivity contribution in [2.75, 3.05) is 33.2 Å². The van der Waals surface area contributed by atoms with E-state index < -0.39 is 0 Å². The molecule has 2 heterocycles. The summed E-state index contributed by atoms with van der Waals surface area (Å²) < 4.78 is 0. The summed E-state index contributed by atoms with van der Waals surface area (Å²) in [5.41, 5.74) is 2.74. The summed E-state index contributed by atoms with van der Waals surface area (Å²) in [6, 6.07) is 11.4. The molecule has 4 heteroatoms. The molecule has 0 saturated carbocycles. The highest BCUT2D eigenvalue weighted by Crippen LogP contribution is 2.25. The van der Waals surface area contributed by atoms with Gasteiger partial charge in [0.2, 0.25) is 0 Å². The summed E-state index contributed by atoms with van der Waals surface area (Å²) in [5, 5.41) is 6.90. The fourth-order valence-corrected chi connectivity index (χ4v) is 3.12. The molecule has 1 saturated heterocycles. The standard InChI is InChI=1S/C17H24N4/c1-20-10-11-21(9-5-6-15-12-18-19-13-15)17(14-20)16-7-3-2-4-8-16/h2-4,7-8,12-13,17H,5-6,9-11,14H2,1H3,(H,18,19)/t17-/m1/s1. The third-order valence-corrected chi connectivity index (χ3v) is 4.34. The van der Waals surface area contributed by atoms with Crippen LogP contribution in [0.4, 0.5) is 0 Å². The molecule has 3 rings (SSSR count). The molecule has 0 unspecified atom stereocenters. The fraction of sp³-hybridized carbons (Fsp3) is 0.471. The lowest BCUT2D eigenvalue weighted by Crippen LogP contribution is -2.47. The van der Waals surface area contributed by atoms with Crippen LogP contribution in [0.25, 0.3) is 0 Å². The van der Waals surface area contributed by atoms with Gasteiger partial charge in [-0.05, 0) is 37.6 Å². The molecule has 2 aromatic rings. The lowest BCUT2D eigenvalue weighted by atomic mass is 10.0. The SMILES string of the molecule is CN1CCN(CCCc2cn[nH]c2)[C@@H](c2ccccc2)C1. The van der Waals surface area contributed by atoms with Crippen molar-refractivity contribution in [2.24, 2.45) is 0 Å². The van der Waals surface area contributed by atoms with Gasteiger partial charge >= 0.3 is 0 Å². The Bertz CT molecular complexity index is 523. The van der Waals surface area contributed by atoms with E-state index in [2.05, 4.69) is 57.4 Å². The molecule has 1 atom stereocenters. The first-order valence-corrected chi connectivity index (χ1v) is 7.78. The van der Waals surface area contributed by atoms with Crippen LogP contribution in [0.2, 0.25) is 0 Å². The second kappa shape index (κ2) is 6.87. The van der Waals surface area contributed by atoms with Crippen molar-refractivity contribution < 1.29 is 0 Å². The molecule has 4 nitrogen and oxygen atoms in total. The van der Waals surface area contributed by atoms with Crippen LogP contribution in [0.1, 0.15) is 23.6 Å². The highest BCUT2D eigenvalue weighted by molar-refractivity contribution is 5.20. The van der Waals surface area contributed by atoms with E-state index in [1.165, 1.54) is 17.5 Å². The van der Waals surface area contributed by atoms with Gasteiger partial charge in [0.1, 0.15) is 0 Å². The van der Waals surface area contributed by atoms with E-state index in [0.29, 0.717) is 6.04 Å². The fourth-order valence-electron chi connectivity index (χ4n) is 3.12. The predicted octanol–water partition coefficient (Wildman–Crippen LogP) is 2.33. The summed E-state index contributed by atoms with van der Waals surface area (Å²) in [5.74, 6) is 0. The van der Waals surface area contributed by atoms with Gasteiger partial charge < -0.3 is 4.90 Å². The zero-order valence-corrected chi connectivity index (χ0v) is 12.7. The first kappa shape index (κ1) is 14.3. The molecule has 1 aromatic heterocycles. The molecule has 0 bridgehead atoms. The van der Waals surface area contributed by atoms with Crippen molar-refractivity contribution in [3.63, 3.8) is 0 Å². The van der Waals surface area contributed by atoms with Crippen molar-refractivity contribution in [1.82, 2.24) is 20.0 Å². The number of aromatic amines is 1. The minimum absolute atomic E-state index is 0.522. The number of aromatic nitrogens is 2. The van der Waals surface area contributed by atoms with Gasteiger partial charge in [0.25, 0.3) is 0 Å². The van der Waals surface area contributed by atoms with Crippen molar-refractivity contribution >= 4 is 0 Å². The van der Waals surface area contributed by atoms with E-state index in [0.717, 1.165) is 32.6 Å². The summed E-state index contributed by atoms with van der Waals surface area (Å²) in [6.45, 7) is 4.59. The maximum atomic E-state index is 4.01. The first-order chi connectivity index (χ1) is 10.3. The third-order valence-electron chi connectivity index (χ3n) is 4.34. The van der Waals surface area contributed by atoms with Gasteiger partial charge in [-0.15, -0.1) is 0 Å². The summed E-state index contributed by atoms with van der Waals surface area (Å²) in [6.07, 6.45) is 6.22. The molecule has 1 aromatic carbocycles. The zero-order valence-electron chi connectivity index (χ0n) is 12.7. The molecular weight excluding hydrogens is 260 g/mol. The van der Waals surface area contributed by atoms with E-state index in [4.69, 9.17) is 0 Å². The molecule has 0 spiro atoms. The number of piperazine rings is 1. The van der Waals surface area contributed by atoms with E-state index in [1.807, 2.05) is 12.4 Å². The van der Waals surface area contributed by atoms with Crippen LogP contribution in [0.5, 0.6) is 0 Å². The molecule has 0 radical (unpaired) electrons. The number of rotatable bonds is 5. The number of nitrogens with one attached hydrogen (secondary N) is 1. The Morgan fingerprint density at radius 2 is 2.10 bits per heavy atom. The van der Waals surface area contributed by atoms with Gasteiger partial charge in [0.15, 0.2) is 0 Å². The monoisotopic (exact) mass is 284 g/mol. The van der Waals surface area contributed by atoms with E-state index in [9.17, 15) is 0 Å². The number of nitrogens with zero attached hydrogens (tertiary/aromatic N) is 3. The topological polar surface area (TPSA) is 35.2 Å².